The Balaban J connectivity index is 2.10. The van der Waals surface area contributed by atoms with Crippen LogP contribution in [0.25, 0.3) is 11.0 Å². The quantitative estimate of drug-likeness (QED) is 0.848. The number of nitrogens with one attached hydrogen (secondary N) is 1. The van der Waals surface area contributed by atoms with E-state index in [1.807, 2.05) is 31.2 Å². The van der Waals surface area contributed by atoms with Crippen LogP contribution in [0.15, 0.2) is 24.3 Å². The highest BCUT2D eigenvalue weighted by atomic mass is 15.0. The van der Waals surface area contributed by atoms with E-state index in [1.54, 1.807) is 0 Å². The van der Waals surface area contributed by atoms with Gasteiger partial charge in [0.2, 0.25) is 0 Å². The smallest absolute Gasteiger partial charge is 0.148 e. The molecule has 0 aliphatic carbocycles. The van der Waals surface area contributed by atoms with Crippen LogP contribution in [0.2, 0.25) is 0 Å². The Bertz CT molecular complexity index is 524. The lowest BCUT2D eigenvalue weighted by Crippen LogP contribution is -2.22. The molecule has 0 saturated heterocycles. The Morgan fingerprint density at radius 1 is 1.22 bits per heavy atom. The van der Waals surface area contributed by atoms with Gasteiger partial charge in [-0.2, -0.15) is 0 Å². The van der Waals surface area contributed by atoms with Gasteiger partial charge in [0.15, 0.2) is 0 Å². The third-order valence-electron chi connectivity index (χ3n) is 3.08. The van der Waals surface area contributed by atoms with E-state index in [-0.39, 0.29) is 6.04 Å². The molecule has 1 unspecified atom stereocenters. The lowest BCUT2D eigenvalue weighted by Gasteiger charge is -2.12. The summed E-state index contributed by atoms with van der Waals surface area (Å²) in [6.07, 6.45) is 1.95. The first-order valence-electron chi connectivity index (χ1n) is 6.43. The zero-order valence-electron chi connectivity index (χ0n) is 11.0. The maximum Gasteiger partial charge on any atom is 0.148 e. The van der Waals surface area contributed by atoms with E-state index in [9.17, 15) is 0 Å². The van der Waals surface area contributed by atoms with Crippen molar-refractivity contribution < 1.29 is 0 Å². The fourth-order valence-corrected chi connectivity index (χ4v) is 1.84. The molecule has 4 heteroatoms. The number of para-hydroxylation sites is 2. The molecule has 1 heterocycles. The fourth-order valence-electron chi connectivity index (χ4n) is 1.84. The molecule has 1 aromatic heterocycles. The summed E-state index contributed by atoms with van der Waals surface area (Å²) in [5.74, 6) is 0.858. The second-order valence-corrected chi connectivity index (χ2v) is 4.53. The number of rotatable bonds is 5. The van der Waals surface area contributed by atoms with Gasteiger partial charge in [-0.05, 0) is 31.9 Å². The number of aryl methyl sites for hydroxylation is 1. The van der Waals surface area contributed by atoms with Crippen LogP contribution in [0.3, 0.4) is 0 Å². The van der Waals surface area contributed by atoms with Crippen molar-refractivity contribution in [1.82, 2.24) is 9.97 Å². The highest BCUT2D eigenvalue weighted by Gasteiger charge is 2.05. The van der Waals surface area contributed by atoms with Gasteiger partial charge >= 0.3 is 0 Å². The average Bonchev–Trinajstić information content (AvgIpc) is 2.39. The molecule has 0 spiro atoms. The van der Waals surface area contributed by atoms with Crippen LogP contribution in [0.5, 0.6) is 0 Å². The summed E-state index contributed by atoms with van der Waals surface area (Å²) in [4.78, 5) is 9.12. The molecular weight excluding hydrogens is 224 g/mol. The number of hydrogen-bond acceptors (Lipinski definition) is 4. The SMILES string of the molecule is CCC(N)CCNc1nc2ccccc2nc1C. The largest absolute Gasteiger partial charge is 0.368 e. The first-order chi connectivity index (χ1) is 8.70. The average molecular weight is 244 g/mol. The van der Waals surface area contributed by atoms with Crippen LogP contribution in [-0.4, -0.2) is 22.6 Å². The Morgan fingerprint density at radius 2 is 1.89 bits per heavy atom. The van der Waals surface area contributed by atoms with E-state index in [2.05, 4.69) is 22.2 Å². The maximum absolute atomic E-state index is 5.89. The summed E-state index contributed by atoms with van der Waals surface area (Å²) in [7, 11) is 0. The second-order valence-electron chi connectivity index (χ2n) is 4.53. The van der Waals surface area contributed by atoms with Crippen LogP contribution in [0.4, 0.5) is 5.82 Å². The van der Waals surface area contributed by atoms with Crippen molar-refractivity contribution in [3.8, 4) is 0 Å². The first kappa shape index (κ1) is 12.8. The molecular formula is C14H20N4. The molecule has 0 aliphatic rings. The zero-order valence-corrected chi connectivity index (χ0v) is 11.0. The molecule has 0 bridgehead atoms. The minimum Gasteiger partial charge on any atom is -0.368 e. The second kappa shape index (κ2) is 5.78. The van der Waals surface area contributed by atoms with E-state index in [4.69, 9.17) is 5.73 Å². The number of benzene rings is 1. The van der Waals surface area contributed by atoms with Crippen LogP contribution in [0.1, 0.15) is 25.5 Å². The van der Waals surface area contributed by atoms with E-state index in [0.717, 1.165) is 41.9 Å². The topological polar surface area (TPSA) is 63.8 Å². The van der Waals surface area contributed by atoms with Crippen LogP contribution < -0.4 is 11.1 Å². The van der Waals surface area contributed by atoms with Gasteiger partial charge in [0.1, 0.15) is 5.82 Å². The summed E-state index contributed by atoms with van der Waals surface area (Å²) in [6.45, 7) is 4.91. The van der Waals surface area contributed by atoms with Gasteiger partial charge in [0.05, 0.1) is 16.7 Å². The van der Waals surface area contributed by atoms with E-state index in [1.165, 1.54) is 0 Å². The fraction of sp³-hybridized carbons (Fsp3) is 0.429. The minimum absolute atomic E-state index is 0.256. The van der Waals surface area contributed by atoms with Crippen molar-refractivity contribution in [2.75, 3.05) is 11.9 Å². The van der Waals surface area contributed by atoms with Gasteiger partial charge < -0.3 is 11.1 Å². The van der Waals surface area contributed by atoms with E-state index >= 15 is 0 Å². The maximum atomic E-state index is 5.89. The molecule has 3 N–H and O–H groups in total. The standard InChI is InChI=1S/C14H20N4/c1-3-11(15)8-9-16-14-10(2)17-12-6-4-5-7-13(12)18-14/h4-7,11H,3,8-9,15H2,1-2H3,(H,16,18). The van der Waals surface area contributed by atoms with Crippen molar-refractivity contribution in [1.29, 1.82) is 0 Å². The minimum atomic E-state index is 0.256. The third-order valence-corrected chi connectivity index (χ3v) is 3.08. The lowest BCUT2D eigenvalue weighted by molar-refractivity contribution is 0.613. The molecule has 96 valence electrons. The zero-order chi connectivity index (χ0) is 13.0. The summed E-state index contributed by atoms with van der Waals surface area (Å²) in [6, 6.07) is 8.16. The highest BCUT2D eigenvalue weighted by molar-refractivity contribution is 5.76. The molecule has 18 heavy (non-hydrogen) atoms. The van der Waals surface area contributed by atoms with Crippen molar-refractivity contribution in [2.24, 2.45) is 5.73 Å². The normalized spacial score (nSPS) is 12.6. The molecule has 0 aliphatic heterocycles. The molecule has 0 radical (unpaired) electrons. The monoisotopic (exact) mass is 244 g/mol. The van der Waals surface area contributed by atoms with Crippen molar-refractivity contribution in [3.63, 3.8) is 0 Å². The molecule has 0 saturated carbocycles. The van der Waals surface area contributed by atoms with Crippen LogP contribution in [-0.2, 0) is 0 Å². The first-order valence-corrected chi connectivity index (χ1v) is 6.43. The highest BCUT2D eigenvalue weighted by Crippen LogP contribution is 2.15. The molecule has 0 amide bonds. The summed E-state index contributed by atoms with van der Waals surface area (Å²) < 4.78 is 0. The van der Waals surface area contributed by atoms with Crippen LogP contribution in [0, 0.1) is 6.92 Å². The summed E-state index contributed by atoms with van der Waals surface area (Å²) >= 11 is 0. The van der Waals surface area contributed by atoms with Gasteiger partial charge in [0.25, 0.3) is 0 Å². The number of anilines is 1. The van der Waals surface area contributed by atoms with Gasteiger partial charge in [0, 0.05) is 12.6 Å². The van der Waals surface area contributed by atoms with Crippen LogP contribution >= 0.6 is 0 Å². The van der Waals surface area contributed by atoms with E-state index < -0.39 is 0 Å². The van der Waals surface area contributed by atoms with Gasteiger partial charge in [-0.3, -0.25) is 0 Å². The van der Waals surface area contributed by atoms with Gasteiger partial charge in [-0.25, -0.2) is 9.97 Å². The summed E-state index contributed by atoms with van der Waals surface area (Å²) in [5.41, 5.74) is 8.68. The van der Waals surface area contributed by atoms with Crippen molar-refractivity contribution in [3.05, 3.63) is 30.0 Å². The Hall–Kier alpha value is -1.68. The van der Waals surface area contributed by atoms with Crippen molar-refractivity contribution >= 4 is 16.9 Å². The molecule has 1 atom stereocenters. The molecule has 0 fully saturated rings. The number of nitrogens with zero attached hydrogens (tertiary/aromatic N) is 2. The number of nitrogens with two attached hydrogens (primary N) is 1. The molecule has 2 rings (SSSR count). The predicted octanol–water partition coefficient (Wildman–Crippen LogP) is 2.48. The Kier molecular flexibility index (Phi) is 4.10. The number of fused-ring (bicyclic) bond motifs is 1. The molecule has 1 aromatic carbocycles. The van der Waals surface area contributed by atoms with Crippen molar-refractivity contribution in [2.45, 2.75) is 32.7 Å². The Labute approximate surface area is 108 Å². The predicted molar refractivity (Wildman–Crippen MR) is 75.6 cm³/mol. The molecule has 2 aromatic rings. The number of hydrogen-bond donors (Lipinski definition) is 2. The lowest BCUT2D eigenvalue weighted by atomic mass is 10.2. The summed E-state index contributed by atoms with van der Waals surface area (Å²) in [5, 5.41) is 3.32. The Morgan fingerprint density at radius 3 is 2.56 bits per heavy atom. The molecule has 4 nitrogen and oxygen atoms in total. The van der Waals surface area contributed by atoms with E-state index in [0.29, 0.717) is 0 Å². The number of aromatic nitrogens is 2. The third kappa shape index (κ3) is 2.96. The van der Waals surface area contributed by atoms with Gasteiger partial charge in [-0.15, -0.1) is 0 Å². The van der Waals surface area contributed by atoms with Gasteiger partial charge in [-0.1, -0.05) is 19.1 Å².